The molecule has 2 heterocycles. The smallest absolute Gasteiger partial charge is 0.251 e. The molecule has 3 aromatic rings. The van der Waals surface area contributed by atoms with Crippen LogP contribution in [-0.4, -0.2) is 44.6 Å². The number of nitrogens with zero attached hydrogens (tertiary/aromatic N) is 3. The fourth-order valence-electron chi connectivity index (χ4n) is 4.13. The van der Waals surface area contributed by atoms with Gasteiger partial charge in [-0.2, -0.15) is 5.26 Å². The van der Waals surface area contributed by atoms with Crippen molar-refractivity contribution in [1.82, 2.24) is 14.9 Å². The molecule has 2 aromatic carbocycles. The Morgan fingerprint density at radius 2 is 1.95 bits per heavy atom. The topological polar surface area (TPSA) is 100 Å². The lowest BCUT2D eigenvalue weighted by atomic mass is 9.99. The quantitative estimate of drug-likeness (QED) is 0.374. The zero-order valence-electron chi connectivity index (χ0n) is 20.2. The molecule has 1 aliphatic rings. The van der Waals surface area contributed by atoms with E-state index in [-0.39, 0.29) is 32.9 Å². The van der Waals surface area contributed by atoms with Gasteiger partial charge >= 0.3 is 0 Å². The highest BCUT2D eigenvalue weighted by Crippen LogP contribution is 2.29. The van der Waals surface area contributed by atoms with Crippen LogP contribution in [0.5, 0.6) is 5.75 Å². The lowest BCUT2D eigenvalue weighted by molar-refractivity contribution is 0.0917. The second-order valence-electron chi connectivity index (χ2n) is 9.10. The zero-order valence-corrected chi connectivity index (χ0v) is 21.0. The Morgan fingerprint density at radius 3 is 2.57 bits per heavy atom. The fraction of sp³-hybridized carbons (Fsp3) is 0.414. The van der Waals surface area contributed by atoms with Crippen molar-refractivity contribution < 1.29 is 14.6 Å². The number of rotatable bonds is 9. The van der Waals surface area contributed by atoms with Crippen LogP contribution >= 0.6 is 11.8 Å². The van der Waals surface area contributed by atoms with Crippen LogP contribution in [0.4, 0.5) is 0 Å². The molecule has 0 radical (unpaired) electrons. The minimum absolute atomic E-state index is 0. The van der Waals surface area contributed by atoms with E-state index in [1.807, 2.05) is 38.1 Å². The molecule has 1 amide bonds. The molecule has 0 fully saturated rings. The van der Waals surface area contributed by atoms with Crippen molar-refractivity contribution >= 4 is 17.7 Å². The van der Waals surface area contributed by atoms with E-state index in [0.717, 1.165) is 34.3 Å². The molecule has 0 aliphatic carbocycles. The second-order valence-corrected chi connectivity index (χ2v) is 10.2. The molecule has 198 valence electrons. The average Bonchev–Trinajstić information content (AvgIpc) is 3.41. The Morgan fingerprint density at radius 1 is 1.22 bits per heavy atom. The molecule has 8 heteroatoms. The number of aliphatic hydroxyl groups is 1. The summed E-state index contributed by atoms with van der Waals surface area (Å²) >= 11 is 1.77. The summed E-state index contributed by atoms with van der Waals surface area (Å²) in [6.45, 7) is 6.48. The van der Waals surface area contributed by atoms with Crippen molar-refractivity contribution in [3.63, 3.8) is 0 Å². The number of ether oxygens (including phenoxy) is 1. The van der Waals surface area contributed by atoms with Crippen molar-refractivity contribution in [1.29, 1.82) is 5.26 Å². The van der Waals surface area contributed by atoms with Gasteiger partial charge in [-0.3, -0.25) is 4.79 Å². The maximum atomic E-state index is 13.0. The number of aromatic nitrogens is 2. The molecular formula is C29H38N4O3S. The van der Waals surface area contributed by atoms with Gasteiger partial charge in [-0.25, -0.2) is 4.98 Å². The Labute approximate surface area is 224 Å². The van der Waals surface area contributed by atoms with Crippen molar-refractivity contribution in [2.75, 3.05) is 5.75 Å². The average molecular weight is 523 g/mol. The Bertz CT molecular complexity index is 1210. The number of aliphatic hydroxyl groups excluding tert-OH is 1. The first-order valence-electron chi connectivity index (χ1n) is 11.8. The van der Waals surface area contributed by atoms with Gasteiger partial charge in [-0.05, 0) is 57.4 Å². The van der Waals surface area contributed by atoms with E-state index in [2.05, 4.69) is 22.1 Å². The van der Waals surface area contributed by atoms with Crippen LogP contribution in [0.25, 0.3) is 11.3 Å². The van der Waals surface area contributed by atoms with E-state index in [1.54, 1.807) is 36.9 Å². The predicted molar refractivity (Wildman–Crippen MR) is 150 cm³/mol. The van der Waals surface area contributed by atoms with Crippen LogP contribution in [0.3, 0.4) is 0 Å². The monoisotopic (exact) mass is 522 g/mol. The van der Waals surface area contributed by atoms with E-state index in [0.29, 0.717) is 29.7 Å². The van der Waals surface area contributed by atoms with E-state index in [1.165, 1.54) is 0 Å². The Balaban J connectivity index is 0.00000241. The molecule has 4 rings (SSSR count). The second kappa shape index (κ2) is 13.3. The molecule has 0 saturated heterocycles. The minimum atomic E-state index is -0.568. The third-order valence-electron chi connectivity index (χ3n) is 5.72. The first kappa shape index (κ1) is 29.9. The van der Waals surface area contributed by atoms with E-state index in [4.69, 9.17) is 9.72 Å². The maximum Gasteiger partial charge on any atom is 0.251 e. The summed E-state index contributed by atoms with van der Waals surface area (Å²) < 4.78 is 7.83. The van der Waals surface area contributed by atoms with Crippen LogP contribution in [0, 0.1) is 11.3 Å². The number of fused-ring (bicyclic) bond motifs is 1. The van der Waals surface area contributed by atoms with Gasteiger partial charge in [-0.15, -0.1) is 0 Å². The lowest BCUT2D eigenvalue weighted by Gasteiger charge is -2.21. The molecule has 1 unspecified atom stereocenters. The number of nitrogens with one attached hydrogen (secondary N) is 1. The molecule has 0 bridgehead atoms. The molecule has 2 atom stereocenters. The molecule has 37 heavy (non-hydrogen) atoms. The van der Waals surface area contributed by atoms with Crippen LogP contribution in [0.15, 0.2) is 53.8 Å². The highest BCUT2D eigenvalue weighted by molar-refractivity contribution is 7.99. The molecule has 1 aromatic heterocycles. The van der Waals surface area contributed by atoms with E-state index in [9.17, 15) is 15.2 Å². The first-order chi connectivity index (χ1) is 16.8. The predicted octanol–water partition coefficient (Wildman–Crippen LogP) is 5.70. The zero-order chi connectivity index (χ0) is 24.9. The minimum Gasteiger partial charge on any atom is -0.490 e. The van der Waals surface area contributed by atoms with Gasteiger partial charge < -0.3 is 19.7 Å². The third-order valence-corrected chi connectivity index (χ3v) is 6.69. The number of amides is 1. The van der Waals surface area contributed by atoms with E-state index < -0.39 is 6.10 Å². The molecule has 7 nitrogen and oxygen atoms in total. The number of thioether (sulfide) groups is 1. The van der Waals surface area contributed by atoms with Crippen molar-refractivity contribution in [3.05, 3.63) is 65.4 Å². The number of carbonyl (C=O) groups excluding carboxylic acids is 1. The van der Waals surface area contributed by atoms with Crippen molar-refractivity contribution in [3.8, 4) is 23.1 Å². The Hall–Kier alpha value is -3.28. The lowest BCUT2D eigenvalue weighted by Crippen LogP contribution is -2.38. The fourth-order valence-corrected chi connectivity index (χ4v) is 5.08. The summed E-state index contributed by atoms with van der Waals surface area (Å²) in [5.41, 5.74) is 3.78. The molecular weight excluding hydrogens is 484 g/mol. The number of benzene rings is 2. The summed E-state index contributed by atoms with van der Waals surface area (Å²) in [5.74, 6) is 1.25. The molecule has 0 saturated carbocycles. The highest BCUT2D eigenvalue weighted by Gasteiger charge is 2.19. The van der Waals surface area contributed by atoms with Gasteiger partial charge in [0.05, 0.1) is 23.5 Å². The van der Waals surface area contributed by atoms with Crippen molar-refractivity contribution in [2.45, 2.75) is 78.4 Å². The molecule has 2 N–H and O–H groups in total. The van der Waals surface area contributed by atoms with Gasteiger partial charge in [0.15, 0.2) is 5.16 Å². The summed E-state index contributed by atoms with van der Waals surface area (Å²) in [6, 6.07) is 14.9. The number of carbonyl (C=O) groups is 1. The standard InChI is InChI=1S/C27H30N4O3S.2CH4/c1-17(2)34-25-9-8-21(14-22(25)15-28)26(33)29-23(12-18(3)32)13-19-4-6-20(7-5-19)24-16-31-10-11-35-27(31)30-24;;/h4-9,14,16-18,23,32H,10-13H2,1-3H3,(H,29,33);2*1H4/t18?,23-;;/m1../s1. The third kappa shape index (κ3) is 7.61. The van der Waals surface area contributed by atoms with Gasteiger partial charge in [0.2, 0.25) is 0 Å². The van der Waals surface area contributed by atoms with Gasteiger partial charge in [0.25, 0.3) is 5.91 Å². The first-order valence-corrected chi connectivity index (χ1v) is 12.8. The van der Waals surface area contributed by atoms with Crippen LogP contribution < -0.4 is 10.1 Å². The van der Waals surface area contributed by atoms with E-state index >= 15 is 0 Å². The number of imidazole rings is 1. The summed E-state index contributed by atoms with van der Waals surface area (Å²) in [6.07, 6.45) is 2.44. The van der Waals surface area contributed by atoms with Gasteiger partial charge in [0, 0.05) is 35.7 Å². The van der Waals surface area contributed by atoms with Gasteiger partial charge in [0.1, 0.15) is 11.8 Å². The number of nitriles is 1. The van der Waals surface area contributed by atoms with Gasteiger partial charge in [-0.1, -0.05) is 50.9 Å². The SMILES string of the molecule is C.C.CC(O)C[C@H](Cc1ccc(-c2cn3c(n2)SCC3)cc1)NC(=O)c1ccc(OC(C)C)c(C#N)c1. The highest BCUT2D eigenvalue weighted by atomic mass is 32.2. The van der Waals surface area contributed by atoms with Crippen LogP contribution in [0.2, 0.25) is 0 Å². The normalized spacial score (nSPS) is 13.5. The molecule has 1 aliphatic heterocycles. The Kier molecular flexibility index (Phi) is 10.8. The number of hydrogen-bond acceptors (Lipinski definition) is 6. The molecule has 0 spiro atoms. The summed E-state index contributed by atoms with van der Waals surface area (Å²) in [7, 11) is 0. The largest absolute Gasteiger partial charge is 0.490 e. The van der Waals surface area contributed by atoms with Crippen LogP contribution in [0.1, 0.15) is 63.5 Å². The number of hydrogen-bond donors (Lipinski definition) is 2. The number of aryl methyl sites for hydroxylation is 1. The summed E-state index contributed by atoms with van der Waals surface area (Å²) in [5, 5.41) is 23.6. The van der Waals surface area contributed by atoms with Crippen LogP contribution in [-0.2, 0) is 13.0 Å². The van der Waals surface area contributed by atoms with Crippen molar-refractivity contribution in [2.24, 2.45) is 0 Å². The maximum absolute atomic E-state index is 13.0. The summed E-state index contributed by atoms with van der Waals surface area (Å²) in [4.78, 5) is 17.7.